The number of aryl methyl sites for hydroxylation is 2. The maximum Gasteiger partial charge on any atom is 0.246 e. The summed E-state index contributed by atoms with van der Waals surface area (Å²) < 4.78 is 34.9. The molecule has 1 aromatic carbocycles. The molecule has 79 heavy (non-hydrogen) atoms. The summed E-state index contributed by atoms with van der Waals surface area (Å²) in [5, 5.41) is 27.5. The van der Waals surface area contributed by atoms with Crippen molar-refractivity contribution in [3.8, 4) is 16.3 Å². The first-order valence-electron chi connectivity index (χ1n) is 27.9. The average Bonchev–Trinajstić information content (AvgIpc) is 4.43. The van der Waals surface area contributed by atoms with Crippen LogP contribution in [0.2, 0.25) is 0 Å². The van der Waals surface area contributed by atoms with Crippen LogP contribution in [0.3, 0.4) is 0 Å². The van der Waals surface area contributed by atoms with E-state index in [0.29, 0.717) is 64.6 Å². The van der Waals surface area contributed by atoms with E-state index in [-0.39, 0.29) is 57.3 Å². The summed E-state index contributed by atoms with van der Waals surface area (Å²) in [6.45, 7) is 16.1. The number of thiophene rings is 1. The minimum atomic E-state index is -1.17. The molecule has 3 fully saturated rings. The number of piperazine rings is 1. The zero-order valence-electron chi connectivity index (χ0n) is 46.2. The molecule has 4 aliphatic rings. The van der Waals surface area contributed by atoms with Crippen LogP contribution in [0.4, 0.5) is 0 Å². The van der Waals surface area contributed by atoms with Crippen LogP contribution in [0, 0.1) is 12.3 Å². The van der Waals surface area contributed by atoms with Crippen LogP contribution < -0.4 is 21.1 Å². The van der Waals surface area contributed by atoms with Gasteiger partial charge in [-0.15, -0.1) is 22.7 Å². The number of carbonyl (C=O) groups excluding carboxylic acids is 4. The zero-order chi connectivity index (χ0) is 55.9. The van der Waals surface area contributed by atoms with E-state index in [0.717, 1.165) is 109 Å². The maximum atomic E-state index is 13.9. The van der Waals surface area contributed by atoms with Gasteiger partial charge in [0.05, 0.1) is 87.0 Å². The lowest BCUT2D eigenvalue weighted by atomic mass is 9.85. The maximum absolute atomic E-state index is 13.9. The number of likely N-dealkylation sites (tertiary alicyclic amines) is 1. The number of primary amides is 1. The van der Waals surface area contributed by atoms with Crippen LogP contribution in [0.5, 0.6) is 5.88 Å². The van der Waals surface area contributed by atoms with E-state index in [2.05, 4.69) is 35.4 Å². The number of aliphatic hydroxyl groups is 2. The van der Waals surface area contributed by atoms with Crippen molar-refractivity contribution < 1.29 is 57.8 Å². The Labute approximate surface area is 471 Å². The van der Waals surface area contributed by atoms with E-state index in [1.54, 1.807) is 29.0 Å². The van der Waals surface area contributed by atoms with Crippen LogP contribution in [0.15, 0.2) is 36.1 Å². The van der Waals surface area contributed by atoms with E-state index in [1.807, 2.05) is 57.5 Å². The monoisotopic (exact) mass is 1140 g/mol. The van der Waals surface area contributed by atoms with Gasteiger partial charge in [-0.3, -0.25) is 29.0 Å². The van der Waals surface area contributed by atoms with Crippen molar-refractivity contribution in [1.29, 1.82) is 0 Å². The normalized spacial score (nSPS) is 21.7. The van der Waals surface area contributed by atoms with Crippen molar-refractivity contribution in [2.75, 3.05) is 105 Å². The third-order valence-corrected chi connectivity index (χ3v) is 17.5. The van der Waals surface area contributed by atoms with Gasteiger partial charge in [0, 0.05) is 63.2 Å². The minimum absolute atomic E-state index is 0.0138. The first-order valence-corrected chi connectivity index (χ1v) is 29.6. The Morgan fingerprint density at radius 1 is 0.848 bits per heavy atom. The quantitative estimate of drug-likeness (QED) is 0.0487. The number of amides is 4. The van der Waals surface area contributed by atoms with Crippen molar-refractivity contribution in [2.24, 2.45) is 11.1 Å². The lowest BCUT2D eigenvalue weighted by Gasteiger charge is -2.41. The second kappa shape index (κ2) is 29.3. The highest BCUT2D eigenvalue weighted by atomic mass is 32.1. The number of hydrogen-bond donors (Lipinski definition) is 5. The Morgan fingerprint density at radius 2 is 1.51 bits per heavy atom. The van der Waals surface area contributed by atoms with E-state index in [4.69, 9.17) is 34.2 Å². The number of carbonyl (C=O) groups is 4. The van der Waals surface area contributed by atoms with Gasteiger partial charge in [0.2, 0.25) is 29.5 Å². The summed E-state index contributed by atoms with van der Waals surface area (Å²) in [6.07, 6.45) is 5.86. The van der Waals surface area contributed by atoms with E-state index in [9.17, 15) is 29.4 Å². The molecule has 5 atom stereocenters. The second-order valence-electron chi connectivity index (χ2n) is 22.1. The van der Waals surface area contributed by atoms with E-state index in [1.165, 1.54) is 9.78 Å². The molecule has 0 bridgehead atoms. The molecule has 4 aromatic rings. The summed E-state index contributed by atoms with van der Waals surface area (Å²) in [4.78, 5) is 75.1. The molecule has 2 aliphatic heterocycles. The highest BCUT2D eigenvalue weighted by Gasteiger charge is 2.44. The molecule has 23 heteroatoms. The number of thiazole rings is 1. The van der Waals surface area contributed by atoms with Crippen molar-refractivity contribution in [1.82, 2.24) is 40.3 Å². The molecule has 3 aromatic heterocycles. The number of ether oxygens (including phenoxy) is 6. The predicted octanol–water partition coefficient (Wildman–Crippen LogP) is 3.59. The standard InChI is InChI=1S/C56H81N9O12S2/c1-36-49(78-35-61-36)38-7-5-37(6-8-38)31-58-52(70)43-30-41(66)32-65(43)55(71)50(56(2,3)4)62-46(68)33-76-28-27-75-26-25-74-24-23-73-22-21-72-20-19-63-15-17-64(18-16-63)40-10-12-42(13-11-40)77-53-48-47-39(29-44(67)51(57)69)9-14-45(47)79-54(48)60-34-59-53/h5-8,34-35,39-44,50,66-67H,9-33H2,1-4H3,(H2,57,69)(H,58,70)(H,62,68)/t39-,40-,41-,42-,43+,44+,50-/m1/s1. The Bertz CT molecular complexity index is 2600. The topological polar surface area (TPSA) is 263 Å². The Hall–Kier alpha value is -4.79. The molecule has 5 heterocycles. The SMILES string of the molecule is Cc1ncsc1-c1ccc(CNC(=O)[C@@H]2C[C@@H](O)CN2C(=O)[C@@H](NC(=O)COCCOCCOCCOCCOCCN2CCN([C@H]3CC[C@H](Oc4ncnc5sc6c(c45)[C@@H](C[C@H](O)C(N)=O)CC6)CC3)CC2)C(C)(C)C)cc1. The van der Waals surface area contributed by atoms with Crippen LogP contribution in [-0.2, 0) is 55.8 Å². The molecule has 0 unspecified atom stereocenters. The van der Waals surface area contributed by atoms with Gasteiger partial charge in [-0.1, -0.05) is 45.0 Å². The molecular formula is C56H81N9O12S2. The number of rotatable bonds is 29. The number of β-amino-alcohol motifs (C(OH)–C–C–N with tert-alkyl or cyclic N) is 1. The van der Waals surface area contributed by atoms with Gasteiger partial charge in [-0.25, -0.2) is 15.0 Å². The molecule has 1 saturated carbocycles. The van der Waals surface area contributed by atoms with Crippen LogP contribution in [0.1, 0.15) is 93.3 Å². The number of nitrogens with zero attached hydrogens (tertiary/aromatic N) is 6. The fourth-order valence-electron chi connectivity index (χ4n) is 11.0. The summed E-state index contributed by atoms with van der Waals surface area (Å²) >= 11 is 3.23. The highest BCUT2D eigenvalue weighted by Crippen LogP contribution is 2.48. The predicted molar refractivity (Wildman–Crippen MR) is 299 cm³/mol. The molecule has 0 spiro atoms. The van der Waals surface area contributed by atoms with Crippen molar-refractivity contribution in [2.45, 2.75) is 128 Å². The fraction of sp³-hybridized carbons (Fsp3) is 0.661. The highest BCUT2D eigenvalue weighted by molar-refractivity contribution is 7.19. The summed E-state index contributed by atoms with van der Waals surface area (Å²) in [5.41, 5.74) is 10.5. The lowest BCUT2D eigenvalue weighted by molar-refractivity contribution is -0.144. The number of fused-ring (bicyclic) bond motifs is 3. The third-order valence-electron chi connectivity index (χ3n) is 15.4. The molecule has 4 amide bonds. The molecule has 434 valence electrons. The molecule has 2 aliphatic carbocycles. The summed E-state index contributed by atoms with van der Waals surface area (Å²) in [6, 6.07) is 6.58. The summed E-state index contributed by atoms with van der Waals surface area (Å²) in [7, 11) is 0. The molecule has 2 saturated heterocycles. The number of nitrogens with two attached hydrogens (primary N) is 1. The number of aromatic nitrogens is 3. The average molecular weight is 1140 g/mol. The molecule has 8 rings (SSSR count). The van der Waals surface area contributed by atoms with Gasteiger partial charge in [-0.05, 0) is 79.9 Å². The minimum Gasteiger partial charge on any atom is -0.474 e. The Kier molecular flexibility index (Phi) is 22.3. The van der Waals surface area contributed by atoms with Crippen LogP contribution in [0.25, 0.3) is 20.7 Å². The number of hydrogen-bond acceptors (Lipinski definition) is 19. The third kappa shape index (κ3) is 16.9. The zero-order valence-corrected chi connectivity index (χ0v) is 47.9. The fourth-order valence-corrected chi connectivity index (χ4v) is 13.1. The van der Waals surface area contributed by atoms with Gasteiger partial charge in [0.1, 0.15) is 42.1 Å². The smallest absolute Gasteiger partial charge is 0.246 e. The number of benzene rings is 1. The second-order valence-corrected chi connectivity index (χ2v) is 24.0. The van der Waals surface area contributed by atoms with E-state index < -0.39 is 47.4 Å². The van der Waals surface area contributed by atoms with Gasteiger partial charge in [-0.2, -0.15) is 0 Å². The van der Waals surface area contributed by atoms with Gasteiger partial charge >= 0.3 is 0 Å². The molecule has 21 nitrogen and oxygen atoms in total. The lowest BCUT2D eigenvalue weighted by Crippen LogP contribution is -2.58. The molecule has 0 radical (unpaired) electrons. The first-order chi connectivity index (χ1) is 38.1. The molecular weight excluding hydrogens is 1050 g/mol. The van der Waals surface area contributed by atoms with Gasteiger partial charge in [0.25, 0.3) is 0 Å². The summed E-state index contributed by atoms with van der Waals surface area (Å²) in [5.74, 6) is -1.33. The first kappa shape index (κ1) is 60.3. The Balaban J connectivity index is 0.609. The van der Waals surface area contributed by atoms with Gasteiger partial charge in [0.15, 0.2) is 0 Å². The molecule has 6 N–H and O–H groups in total. The number of nitrogens with one attached hydrogen (secondary N) is 2. The van der Waals surface area contributed by atoms with Crippen molar-refractivity contribution >= 4 is 56.5 Å². The van der Waals surface area contributed by atoms with Gasteiger partial charge < -0.3 is 59.9 Å². The van der Waals surface area contributed by atoms with E-state index >= 15 is 0 Å². The largest absolute Gasteiger partial charge is 0.474 e. The van der Waals surface area contributed by atoms with Crippen LogP contribution in [-0.4, -0.2) is 205 Å². The van der Waals surface area contributed by atoms with Crippen molar-refractivity contribution in [3.63, 3.8) is 0 Å². The Morgan fingerprint density at radius 3 is 2.14 bits per heavy atom. The number of aliphatic hydroxyl groups excluding tert-OH is 2. The van der Waals surface area contributed by atoms with Crippen LogP contribution >= 0.6 is 22.7 Å². The van der Waals surface area contributed by atoms with Crippen molar-refractivity contribution in [3.05, 3.63) is 57.8 Å².